The lowest BCUT2D eigenvalue weighted by atomic mass is 10.1. The monoisotopic (exact) mass is 355 g/mol. The minimum Gasteiger partial charge on any atom is -0.322 e. The number of rotatable bonds is 5. The SMILES string of the molecule is O=C(Nc1cc(F)ccc1F)C(Sc1ccccc1)c1ccccc1. The van der Waals surface area contributed by atoms with Crippen LogP contribution in [0.1, 0.15) is 10.8 Å². The number of benzene rings is 3. The lowest BCUT2D eigenvalue weighted by Crippen LogP contribution is -2.19. The van der Waals surface area contributed by atoms with Crippen LogP contribution in [0.4, 0.5) is 14.5 Å². The number of hydrogen-bond acceptors (Lipinski definition) is 2. The van der Waals surface area contributed by atoms with E-state index < -0.39 is 22.8 Å². The molecule has 0 fully saturated rings. The molecule has 1 amide bonds. The van der Waals surface area contributed by atoms with Gasteiger partial charge < -0.3 is 5.32 Å². The maximum atomic E-state index is 13.8. The van der Waals surface area contributed by atoms with Crippen molar-refractivity contribution >= 4 is 23.4 Å². The average Bonchev–Trinajstić information content (AvgIpc) is 2.64. The van der Waals surface area contributed by atoms with Gasteiger partial charge in [0.15, 0.2) is 0 Å². The first-order valence-electron chi connectivity index (χ1n) is 7.66. The van der Waals surface area contributed by atoms with Crippen molar-refractivity contribution in [1.82, 2.24) is 0 Å². The molecule has 126 valence electrons. The number of hydrogen-bond donors (Lipinski definition) is 1. The van der Waals surface area contributed by atoms with Gasteiger partial charge in [0.1, 0.15) is 16.9 Å². The minimum absolute atomic E-state index is 0.167. The Morgan fingerprint density at radius 2 is 1.52 bits per heavy atom. The van der Waals surface area contributed by atoms with Crippen LogP contribution in [0.3, 0.4) is 0 Å². The number of carbonyl (C=O) groups is 1. The van der Waals surface area contributed by atoms with Crippen LogP contribution in [0.25, 0.3) is 0 Å². The highest BCUT2D eigenvalue weighted by atomic mass is 32.2. The molecule has 0 aliphatic heterocycles. The lowest BCUT2D eigenvalue weighted by molar-refractivity contribution is -0.115. The lowest BCUT2D eigenvalue weighted by Gasteiger charge is -2.17. The molecule has 0 saturated heterocycles. The van der Waals surface area contributed by atoms with E-state index in [4.69, 9.17) is 0 Å². The van der Waals surface area contributed by atoms with E-state index in [1.54, 1.807) is 0 Å². The first-order chi connectivity index (χ1) is 12.1. The molecule has 3 aromatic carbocycles. The number of nitrogens with one attached hydrogen (secondary N) is 1. The first-order valence-corrected chi connectivity index (χ1v) is 8.54. The molecule has 2 nitrogen and oxygen atoms in total. The molecule has 25 heavy (non-hydrogen) atoms. The van der Waals surface area contributed by atoms with E-state index in [9.17, 15) is 13.6 Å². The fourth-order valence-corrected chi connectivity index (χ4v) is 3.37. The Morgan fingerprint density at radius 3 is 2.20 bits per heavy atom. The zero-order valence-electron chi connectivity index (χ0n) is 13.2. The Hall–Kier alpha value is -2.66. The van der Waals surface area contributed by atoms with Crippen LogP contribution in [0.5, 0.6) is 0 Å². The van der Waals surface area contributed by atoms with Gasteiger partial charge in [-0.2, -0.15) is 0 Å². The molecule has 0 saturated carbocycles. The third-order valence-corrected chi connectivity index (χ3v) is 4.79. The van der Waals surface area contributed by atoms with Crippen molar-refractivity contribution in [1.29, 1.82) is 0 Å². The largest absolute Gasteiger partial charge is 0.322 e. The van der Waals surface area contributed by atoms with Gasteiger partial charge >= 0.3 is 0 Å². The van der Waals surface area contributed by atoms with E-state index in [1.807, 2.05) is 60.7 Å². The molecule has 0 bridgehead atoms. The van der Waals surface area contributed by atoms with Crippen LogP contribution in [-0.2, 0) is 4.79 Å². The summed E-state index contributed by atoms with van der Waals surface area (Å²) in [5.74, 6) is -1.69. The van der Waals surface area contributed by atoms with Gasteiger partial charge in [0.2, 0.25) is 5.91 Å². The molecule has 3 rings (SSSR count). The van der Waals surface area contributed by atoms with Crippen molar-refractivity contribution in [3.8, 4) is 0 Å². The molecule has 0 aliphatic carbocycles. The molecule has 1 unspecified atom stereocenters. The van der Waals surface area contributed by atoms with Gasteiger partial charge in [-0.25, -0.2) is 8.78 Å². The van der Waals surface area contributed by atoms with E-state index in [1.165, 1.54) is 11.8 Å². The van der Waals surface area contributed by atoms with E-state index in [2.05, 4.69) is 5.32 Å². The molecule has 1 atom stereocenters. The van der Waals surface area contributed by atoms with E-state index in [0.29, 0.717) is 0 Å². The second-order valence-electron chi connectivity index (χ2n) is 5.34. The highest BCUT2D eigenvalue weighted by Crippen LogP contribution is 2.36. The molecule has 0 spiro atoms. The van der Waals surface area contributed by atoms with E-state index in [0.717, 1.165) is 28.7 Å². The highest BCUT2D eigenvalue weighted by molar-refractivity contribution is 8.00. The Morgan fingerprint density at radius 1 is 0.880 bits per heavy atom. The molecule has 0 aliphatic rings. The summed E-state index contributed by atoms with van der Waals surface area (Å²) in [6.07, 6.45) is 0. The molecular formula is C20H15F2NOS. The number of amides is 1. The Bertz CT molecular complexity index is 856. The molecular weight excluding hydrogens is 340 g/mol. The minimum atomic E-state index is -0.675. The number of carbonyl (C=O) groups excluding carboxylic acids is 1. The topological polar surface area (TPSA) is 29.1 Å². The van der Waals surface area contributed by atoms with E-state index in [-0.39, 0.29) is 5.69 Å². The summed E-state index contributed by atoms with van der Waals surface area (Å²) in [5.41, 5.74) is 0.616. The Labute approximate surface area is 148 Å². The van der Waals surface area contributed by atoms with Gasteiger partial charge in [0.25, 0.3) is 0 Å². The zero-order chi connectivity index (χ0) is 17.6. The third-order valence-electron chi connectivity index (χ3n) is 3.52. The summed E-state index contributed by atoms with van der Waals surface area (Å²) < 4.78 is 27.2. The van der Waals surface area contributed by atoms with Crippen LogP contribution < -0.4 is 5.32 Å². The van der Waals surface area contributed by atoms with Crippen molar-refractivity contribution in [3.63, 3.8) is 0 Å². The van der Waals surface area contributed by atoms with Crippen molar-refractivity contribution in [2.75, 3.05) is 5.32 Å². The van der Waals surface area contributed by atoms with Crippen molar-refractivity contribution in [3.05, 3.63) is 96.1 Å². The fraction of sp³-hybridized carbons (Fsp3) is 0.0500. The summed E-state index contributed by atoms with van der Waals surface area (Å²) in [4.78, 5) is 13.7. The molecule has 0 aromatic heterocycles. The highest BCUT2D eigenvalue weighted by Gasteiger charge is 2.23. The molecule has 3 aromatic rings. The summed E-state index contributed by atoms with van der Waals surface area (Å²) in [5, 5.41) is 1.90. The van der Waals surface area contributed by atoms with Crippen LogP contribution in [0.15, 0.2) is 83.8 Å². The van der Waals surface area contributed by atoms with E-state index >= 15 is 0 Å². The molecule has 0 radical (unpaired) electrons. The number of thioether (sulfide) groups is 1. The summed E-state index contributed by atoms with van der Waals surface area (Å²) >= 11 is 1.35. The maximum absolute atomic E-state index is 13.8. The van der Waals surface area contributed by atoms with Gasteiger partial charge in [-0.1, -0.05) is 48.5 Å². The maximum Gasteiger partial charge on any atom is 0.242 e. The first kappa shape index (κ1) is 17.2. The molecule has 0 heterocycles. The van der Waals surface area contributed by atoms with Gasteiger partial charge in [-0.3, -0.25) is 4.79 Å². The fourth-order valence-electron chi connectivity index (χ4n) is 2.33. The van der Waals surface area contributed by atoms with Gasteiger partial charge in [0.05, 0.1) is 5.69 Å². The third kappa shape index (κ3) is 4.45. The zero-order valence-corrected chi connectivity index (χ0v) is 14.0. The second-order valence-corrected chi connectivity index (χ2v) is 6.51. The number of anilines is 1. The van der Waals surface area contributed by atoms with Crippen LogP contribution in [0, 0.1) is 11.6 Å². The normalized spacial score (nSPS) is 11.8. The van der Waals surface area contributed by atoms with Crippen molar-refractivity contribution in [2.24, 2.45) is 0 Å². The molecule has 5 heteroatoms. The predicted octanol–water partition coefficient (Wildman–Crippen LogP) is 5.44. The molecule has 1 N–H and O–H groups in total. The average molecular weight is 355 g/mol. The Kier molecular flexibility index (Phi) is 5.46. The summed E-state index contributed by atoms with van der Waals surface area (Å²) in [7, 11) is 0. The van der Waals surface area contributed by atoms with Crippen LogP contribution in [-0.4, -0.2) is 5.91 Å². The number of halogens is 2. The summed E-state index contributed by atoms with van der Waals surface area (Å²) in [6.45, 7) is 0. The second kappa shape index (κ2) is 7.94. The summed E-state index contributed by atoms with van der Waals surface area (Å²) in [6, 6.07) is 21.6. The van der Waals surface area contributed by atoms with Crippen LogP contribution >= 0.6 is 11.8 Å². The Balaban J connectivity index is 1.88. The van der Waals surface area contributed by atoms with Crippen molar-refractivity contribution < 1.29 is 13.6 Å². The van der Waals surface area contributed by atoms with Crippen LogP contribution in [0.2, 0.25) is 0 Å². The van der Waals surface area contributed by atoms with Gasteiger partial charge in [0, 0.05) is 11.0 Å². The quantitative estimate of drug-likeness (QED) is 0.618. The predicted molar refractivity (Wildman–Crippen MR) is 96.5 cm³/mol. The smallest absolute Gasteiger partial charge is 0.242 e. The van der Waals surface area contributed by atoms with Crippen molar-refractivity contribution in [2.45, 2.75) is 10.1 Å². The standard InChI is InChI=1S/C20H15F2NOS/c21-15-11-12-17(22)18(13-15)23-20(24)19(14-7-3-1-4-8-14)25-16-9-5-2-6-10-16/h1-13,19H,(H,23,24). The van der Waals surface area contributed by atoms with Gasteiger partial charge in [-0.05, 0) is 29.8 Å². The van der Waals surface area contributed by atoms with Gasteiger partial charge in [-0.15, -0.1) is 11.8 Å².